The quantitative estimate of drug-likeness (QED) is 0.695. The molecule has 1 fully saturated rings. The van der Waals surface area contributed by atoms with E-state index in [1.807, 2.05) is 13.8 Å². The predicted octanol–water partition coefficient (Wildman–Crippen LogP) is 1.44. The third-order valence-corrected chi connectivity index (χ3v) is 3.87. The van der Waals surface area contributed by atoms with Crippen LogP contribution in [0.5, 0.6) is 0 Å². The Labute approximate surface area is 117 Å². The number of aliphatic hydroxyl groups is 1. The van der Waals surface area contributed by atoms with E-state index in [9.17, 15) is 18.0 Å². The number of amides is 1. The van der Waals surface area contributed by atoms with Crippen LogP contribution < -0.4 is 10.6 Å². The van der Waals surface area contributed by atoms with E-state index in [4.69, 9.17) is 5.11 Å². The summed E-state index contributed by atoms with van der Waals surface area (Å²) in [6.45, 7) is 3.75. The Kier molecular flexibility index (Phi) is 5.43. The van der Waals surface area contributed by atoms with Gasteiger partial charge in [0, 0.05) is 19.7 Å². The van der Waals surface area contributed by atoms with Gasteiger partial charge in [-0.05, 0) is 31.2 Å². The number of rotatable bonds is 6. The minimum atomic E-state index is -4.55. The van der Waals surface area contributed by atoms with Gasteiger partial charge in [-0.15, -0.1) is 0 Å². The van der Waals surface area contributed by atoms with Gasteiger partial charge in [0.25, 0.3) is 0 Å². The topological polar surface area (TPSA) is 61.4 Å². The molecule has 118 valence electrons. The van der Waals surface area contributed by atoms with Gasteiger partial charge in [0.2, 0.25) is 5.91 Å². The summed E-state index contributed by atoms with van der Waals surface area (Å²) in [5, 5.41) is 13.8. The first-order valence-electron chi connectivity index (χ1n) is 6.81. The zero-order valence-corrected chi connectivity index (χ0v) is 11.9. The van der Waals surface area contributed by atoms with Gasteiger partial charge in [0.05, 0.1) is 0 Å². The van der Waals surface area contributed by atoms with E-state index in [0.29, 0.717) is 12.8 Å². The minimum absolute atomic E-state index is 0.0355. The summed E-state index contributed by atoms with van der Waals surface area (Å²) >= 11 is 0. The molecule has 1 rings (SSSR count). The van der Waals surface area contributed by atoms with Crippen molar-refractivity contribution in [2.45, 2.75) is 39.3 Å². The van der Waals surface area contributed by atoms with Gasteiger partial charge >= 0.3 is 6.18 Å². The van der Waals surface area contributed by atoms with Crippen LogP contribution in [0.1, 0.15) is 33.1 Å². The van der Waals surface area contributed by atoms with Gasteiger partial charge in [-0.1, -0.05) is 13.8 Å². The molecule has 0 radical (unpaired) electrons. The molecule has 0 spiro atoms. The monoisotopic (exact) mass is 296 g/mol. The number of hydrogen-bond donors (Lipinski definition) is 3. The van der Waals surface area contributed by atoms with Crippen LogP contribution in [0.3, 0.4) is 0 Å². The van der Waals surface area contributed by atoms with Crippen molar-refractivity contribution in [2.75, 3.05) is 26.2 Å². The number of aliphatic hydroxyl groups excluding tert-OH is 1. The van der Waals surface area contributed by atoms with E-state index >= 15 is 0 Å². The minimum Gasteiger partial charge on any atom is -0.396 e. The first-order valence-corrected chi connectivity index (χ1v) is 6.81. The SMILES string of the molecule is CC(C)(CCCO)CNC(=O)C1(C(F)(F)F)CCNC1. The fraction of sp³-hybridized carbons (Fsp3) is 0.923. The van der Waals surface area contributed by atoms with Crippen molar-refractivity contribution in [2.24, 2.45) is 10.8 Å². The highest BCUT2D eigenvalue weighted by atomic mass is 19.4. The number of carbonyl (C=O) groups excluding carboxylic acids is 1. The summed E-state index contributed by atoms with van der Waals surface area (Å²) in [7, 11) is 0. The molecule has 4 nitrogen and oxygen atoms in total. The van der Waals surface area contributed by atoms with E-state index < -0.39 is 17.5 Å². The van der Waals surface area contributed by atoms with Gasteiger partial charge in [-0.2, -0.15) is 13.2 Å². The predicted molar refractivity (Wildman–Crippen MR) is 69.1 cm³/mol. The maximum atomic E-state index is 13.2. The van der Waals surface area contributed by atoms with Crippen molar-refractivity contribution >= 4 is 5.91 Å². The Morgan fingerprint density at radius 2 is 2.05 bits per heavy atom. The van der Waals surface area contributed by atoms with Gasteiger partial charge in [0.15, 0.2) is 5.41 Å². The van der Waals surface area contributed by atoms with Crippen LogP contribution in [0.2, 0.25) is 0 Å². The molecule has 0 aromatic carbocycles. The van der Waals surface area contributed by atoms with Gasteiger partial charge in [-0.25, -0.2) is 0 Å². The van der Waals surface area contributed by atoms with Crippen LogP contribution in [0.25, 0.3) is 0 Å². The van der Waals surface area contributed by atoms with Gasteiger partial charge < -0.3 is 15.7 Å². The van der Waals surface area contributed by atoms with E-state index in [1.54, 1.807) is 0 Å². The molecule has 7 heteroatoms. The fourth-order valence-electron chi connectivity index (χ4n) is 2.39. The number of alkyl halides is 3. The third kappa shape index (κ3) is 3.85. The van der Waals surface area contributed by atoms with Crippen LogP contribution in [0.15, 0.2) is 0 Å². The molecule has 0 aromatic heterocycles. The summed E-state index contributed by atoms with van der Waals surface area (Å²) < 4.78 is 39.5. The van der Waals surface area contributed by atoms with Gasteiger partial charge in [0.1, 0.15) is 0 Å². The van der Waals surface area contributed by atoms with Crippen molar-refractivity contribution in [1.82, 2.24) is 10.6 Å². The summed E-state index contributed by atoms with van der Waals surface area (Å²) in [6.07, 6.45) is -3.56. The summed E-state index contributed by atoms with van der Waals surface area (Å²) in [4.78, 5) is 12.0. The molecule has 0 aliphatic carbocycles. The smallest absolute Gasteiger partial charge is 0.396 e. The van der Waals surface area contributed by atoms with E-state index in [-0.39, 0.29) is 38.1 Å². The Morgan fingerprint density at radius 3 is 2.50 bits per heavy atom. The van der Waals surface area contributed by atoms with Crippen molar-refractivity contribution in [3.63, 3.8) is 0 Å². The largest absolute Gasteiger partial charge is 0.404 e. The second kappa shape index (κ2) is 6.30. The number of carbonyl (C=O) groups is 1. The van der Waals surface area contributed by atoms with Gasteiger partial charge in [-0.3, -0.25) is 4.79 Å². The molecular weight excluding hydrogens is 273 g/mol. The van der Waals surface area contributed by atoms with Crippen molar-refractivity contribution in [3.05, 3.63) is 0 Å². The highest BCUT2D eigenvalue weighted by Crippen LogP contribution is 2.43. The molecule has 1 unspecified atom stereocenters. The average Bonchev–Trinajstić information content (AvgIpc) is 2.83. The molecule has 1 aliphatic rings. The van der Waals surface area contributed by atoms with Crippen LogP contribution in [-0.2, 0) is 4.79 Å². The van der Waals surface area contributed by atoms with Crippen LogP contribution in [0.4, 0.5) is 13.2 Å². The molecule has 0 saturated carbocycles. The lowest BCUT2D eigenvalue weighted by atomic mass is 9.83. The number of hydrogen-bond acceptors (Lipinski definition) is 3. The molecule has 20 heavy (non-hydrogen) atoms. The molecule has 1 aliphatic heterocycles. The molecular formula is C13H23F3N2O2. The lowest BCUT2D eigenvalue weighted by Crippen LogP contribution is -2.53. The molecule has 1 saturated heterocycles. The van der Waals surface area contributed by atoms with Crippen LogP contribution in [0, 0.1) is 10.8 Å². The maximum absolute atomic E-state index is 13.2. The average molecular weight is 296 g/mol. The number of nitrogens with one attached hydrogen (secondary N) is 2. The Morgan fingerprint density at radius 1 is 1.40 bits per heavy atom. The number of halogens is 3. The standard InChI is InChI=1S/C13H23F3N2O2/c1-11(2,4-3-7-19)8-18-10(20)12(13(14,15)16)5-6-17-9-12/h17,19H,3-9H2,1-2H3,(H,18,20). The zero-order chi connectivity index (χ0) is 15.4. The van der Waals surface area contributed by atoms with Crippen LogP contribution >= 0.6 is 0 Å². The highest BCUT2D eigenvalue weighted by molar-refractivity contribution is 5.84. The summed E-state index contributed by atoms with van der Waals surface area (Å²) in [6, 6.07) is 0. The highest BCUT2D eigenvalue weighted by Gasteiger charge is 2.61. The lowest BCUT2D eigenvalue weighted by Gasteiger charge is -2.32. The molecule has 3 N–H and O–H groups in total. The first-order chi connectivity index (χ1) is 9.15. The zero-order valence-electron chi connectivity index (χ0n) is 11.9. The molecule has 0 bridgehead atoms. The normalized spacial score (nSPS) is 23.9. The van der Waals surface area contributed by atoms with Crippen molar-refractivity contribution in [3.8, 4) is 0 Å². The Bertz CT molecular complexity index is 337. The second-order valence-electron chi connectivity index (χ2n) is 6.18. The van der Waals surface area contributed by atoms with E-state index in [0.717, 1.165) is 0 Å². The second-order valence-corrected chi connectivity index (χ2v) is 6.18. The first kappa shape index (κ1) is 17.2. The molecule has 1 amide bonds. The molecule has 1 atom stereocenters. The molecule has 0 aromatic rings. The van der Waals surface area contributed by atoms with Crippen LogP contribution in [-0.4, -0.2) is 43.4 Å². The van der Waals surface area contributed by atoms with Crippen molar-refractivity contribution in [1.29, 1.82) is 0 Å². The lowest BCUT2D eigenvalue weighted by molar-refractivity contribution is -0.216. The third-order valence-electron chi connectivity index (χ3n) is 3.87. The Balaban J connectivity index is 2.65. The van der Waals surface area contributed by atoms with E-state index in [1.165, 1.54) is 0 Å². The Hall–Kier alpha value is -0.820. The van der Waals surface area contributed by atoms with Crippen molar-refractivity contribution < 1.29 is 23.1 Å². The summed E-state index contributed by atoms with van der Waals surface area (Å²) in [5.74, 6) is -0.952. The fourth-order valence-corrected chi connectivity index (χ4v) is 2.39. The van der Waals surface area contributed by atoms with E-state index in [2.05, 4.69) is 10.6 Å². The summed E-state index contributed by atoms with van der Waals surface area (Å²) in [5.41, 5.74) is -2.64. The molecule has 1 heterocycles. The maximum Gasteiger partial charge on any atom is 0.404 e.